The van der Waals surface area contributed by atoms with Gasteiger partial charge in [-0.25, -0.2) is 4.98 Å². The van der Waals surface area contributed by atoms with E-state index >= 15 is 0 Å². The molecule has 140 valence electrons. The fourth-order valence-electron chi connectivity index (χ4n) is 2.18. The van der Waals surface area contributed by atoms with E-state index in [9.17, 15) is 14.9 Å². The van der Waals surface area contributed by atoms with Crippen molar-refractivity contribution in [2.24, 2.45) is 0 Å². The minimum absolute atomic E-state index is 0.122. The molecule has 0 aliphatic rings. The number of benzene rings is 1. The molecule has 0 bridgehead atoms. The van der Waals surface area contributed by atoms with Crippen LogP contribution in [0.5, 0.6) is 0 Å². The number of amides is 1. The number of carbonyl (C=O) groups is 1. The predicted molar refractivity (Wildman–Crippen MR) is 106 cm³/mol. The Labute approximate surface area is 169 Å². The first kappa shape index (κ1) is 19.5. The molecular weight excluding hydrogens is 400 g/mol. The summed E-state index contributed by atoms with van der Waals surface area (Å²) in [6.07, 6.45) is 1.34. The van der Waals surface area contributed by atoms with E-state index in [4.69, 9.17) is 16.0 Å². The number of anilines is 1. The number of nitrogens with zero attached hydrogens (tertiary/aromatic N) is 2. The van der Waals surface area contributed by atoms with Gasteiger partial charge in [0.05, 0.1) is 0 Å². The van der Waals surface area contributed by atoms with Crippen LogP contribution in [0.25, 0.3) is 6.08 Å². The van der Waals surface area contributed by atoms with Crippen LogP contribution in [0.3, 0.4) is 0 Å². The van der Waals surface area contributed by atoms with Crippen LogP contribution in [0.4, 0.5) is 5.69 Å². The molecule has 0 fully saturated rings. The van der Waals surface area contributed by atoms with Crippen molar-refractivity contribution in [2.75, 3.05) is 5.32 Å². The molecule has 0 aliphatic heterocycles. The first-order valence-electron chi connectivity index (χ1n) is 7.97. The Bertz CT molecular complexity index is 1140. The van der Waals surface area contributed by atoms with Gasteiger partial charge in [0.15, 0.2) is 10.2 Å². The van der Waals surface area contributed by atoms with Crippen molar-refractivity contribution in [3.8, 4) is 6.07 Å². The Hall–Kier alpha value is -3.28. The van der Waals surface area contributed by atoms with Crippen molar-refractivity contribution in [1.29, 1.82) is 5.26 Å². The molecule has 0 saturated heterocycles. The zero-order valence-corrected chi connectivity index (χ0v) is 16.1. The Morgan fingerprint density at radius 3 is 2.75 bits per heavy atom. The van der Waals surface area contributed by atoms with Gasteiger partial charge in [-0.1, -0.05) is 11.6 Å². The van der Waals surface area contributed by atoms with Gasteiger partial charge in [-0.05, 0) is 55.1 Å². The minimum Gasteiger partial charge on any atom is -0.450 e. The van der Waals surface area contributed by atoms with Crippen LogP contribution in [0.1, 0.15) is 11.5 Å². The number of aromatic nitrogens is 2. The Morgan fingerprint density at radius 1 is 1.32 bits per heavy atom. The Morgan fingerprint density at radius 2 is 2.07 bits per heavy atom. The van der Waals surface area contributed by atoms with Crippen molar-refractivity contribution in [1.82, 2.24) is 9.97 Å². The maximum absolute atomic E-state index is 12.3. The topological polar surface area (TPSA) is 112 Å². The number of nitriles is 1. The van der Waals surface area contributed by atoms with Crippen LogP contribution in [0, 0.1) is 18.3 Å². The second-order valence-corrected chi connectivity index (χ2v) is 7.01. The maximum Gasteiger partial charge on any atom is 0.266 e. The van der Waals surface area contributed by atoms with E-state index in [0.29, 0.717) is 32.4 Å². The number of carbonyl (C=O) groups excluding carboxylic acids is 1. The number of aryl methyl sites for hydroxylation is 1. The molecule has 0 saturated carbocycles. The largest absolute Gasteiger partial charge is 0.450 e. The van der Waals surface area contributed by atoms with Gasteiger partial charge < -0.3 is 14.7 Å². The molecule has 9 heteroatoms. The molecule has 28 heavy (non-hydrogen) atoms. The highest BCUT2D eigenvalue weighted by Gasteiger charge is 2.12. The summed E-state index contributed by atoms with van der Waals surface area (Å²) in [4.78, 5) is 30.6. The maximum atomic E-state index is 12.3. The van der Waals surface area contributed by atoms with Crippen molar-refractivity contribution < 1.29 is 9.21 Å². The lowest BCUT2D eigenvalue weighted by molar-refractivity contribution is -0.112. The molecule has 0 spiro atoms. The third kappa shape index (κ3) is 5.13. The molecule has 3 aromatic rings. The van der Waals surface area contributed by atoms with Crippen LogP contribution in [-0.4, -0.2) is 15.9 Å². The van der Waals surface area contributed by atoms with Crippen LogP contribution < -0.4 is 10.9 Å². The van der Waals surface area contributed by atoms with Gasteiger partial charge in [-0.15, -0.1) is 0 Å². The summed E-state index contributed by atoms with van der Waals surface area (Å²) in [5, 5.41) is 13.3. The highest BCUT2D eigenvalue weighted by molar-refractivity contribution is 7.99. The molecule has 0 unspecified atom stereocenters. The molecule has 0 aliphatic carbocycles. The van der Waals surface area contributed by atoms with Crippen LogP contribution >= 0.6 is 23.4 Å². The summed E-state index contributed by atoms with van der Waals surface area (Å²) in [6.45, 7) is 1.72. The second kappa shape index (κ2) is 8.61. The van der Waals surface area contributed by atoms with Gasteiger partial charge in [0.1, 0.15) is 17.4 Å². The molecule has 0 radical (unpaired) electrons. The molecule has 2 aromatic heterocycles. The normalized spacial score (nSPS) is 11.1. The van der Waals surface area contributed by atoms with Crippen LogP contribution in [0.2, 0.25) is 5.02 Å². The van der Waals surface area contributed by atoms with E-state index in [0.717, 1.165) is 11.8 Å². The molecule has 2 N–H and O–H groups in total. The molecule has 3 rings (SSSR count). The number of hydrogen-bond donors (Lipinski definition) is 2. The SMILES string of the molecule is Cc1cc(=O)[nH]c(Sc2ccc(/C=C(\C#N)C(=O)Nc3ccc(Cl)cc3)o2)n1. The predicted octanol–water partition coefficient (Wildman–Crippen LogP) is 4.02. The van der Waals surface area contributed by atoms with Gasteiger partial charge in [-0.3, -0.25) is 9.59 Å². The molecule has 0 atom stereocenters. The second-order valence-electron chi connectivity index (χ2n) is 5.58. The van der Waals surface area contributed by atoms with E-state index in [-0.39, 0.29) is 11.1 Å². The zero-order valence-electron chi connectivity index (χ0n) is 14.5. The zero-order chi connectivity index (χ0) is 20.1. The summed E-state index contributed by atoms with van der Waals surface area (Å²) in [6, 6.07) is 13.0. The van der Waals surface area contributed by atoms with Gasteiger partial charge in [0.2, 0.25) is 0 Å². The molecule has 2 heterocycles. The lowest BCUT2D eigenvalue weighted by Crippen LogP contribution is -2.13. The molecule has 1 amide bonds. The average Bonchev–Trinajstić information content (AvgIpc) is 3.07. The minimum atomic E-state index is -0.569. The summed E-state index contributed by atoms with van der Waals surface area (Å²) in [5.74, 6) is -0.250. The molecule has 7 nitrogen and oxygen atoms in total. The van der Waals surface area contributed by atoms with Gasteiger partial charge in [0, 0.05) is 28.5 Å². The van der Waals surface area contributed by atoms with Crippen molar-refractivity contribution in [3.63, 3.8) is 0 Å². The average molecular weight is 413 g/mol. The number of furan rings is 1. The third-order valence-corrected chi connectivity index (χ3v) is 4.46. The summed E-state index contributed by atoms with van der Waals surface area (Å²) in [7, 11) is 0. The molecule has 1 aromatic carbocycles. The highest BCUT2D eigenvalue weighted by atomic mass is 35.5. The number of rotatable bonds is 5. The fourth-order valence-corrected chi connectivity index (χ4v) is 3.12. The number of hydrogen-bond acceptors (Lipinski definition) is 6. The van der Waals surface area contributed by atoms with E-state index in [1.807, 2.05) is 6.07 Å². The van der Waals surface area contributed by atoms with Gasteiger partial charge in [0.25, 0.3) is 11.5 Å². The fraction of sp³-hybridized carbons (Fsp3) is 0.0526. The standard InChI is InChI=1S/C19H13ClN4O3S/c1-11-8-16(25)24-19(22-11)28-17-7-6-15(27-17)9-12(10-21)18(26)23-14-4-2-13(20)3-5-14/h2-9H,1H3,(H,23,26)(H,22,24,25)/b12-9+. The number of halogens is 1. The van der Waals surface area contributed by atoms with Crippen molar-refractivity contribution in [2.45, 2.75) is 17.2 Å². The molecular formula is C19H13ClN4O3S. The third-order valence-electron chi connectivity index (χ3n) is 3.40. The number of aromatic amines is 1. The summed E-state index contributed by atoms with van der Waals surface area (Å²) < 4.78 is 5.59. The first-order valence-corrected chi connectivity index (χ1v) is 9.17. The monoisotopic (exact) mass is 412 g/mol. The van der Waals surface area contributed by atoms with Crippen LogP contribution in [0.15, 0.2) is 67.5 Å². The van der Waals surface area contributed by atoms with Crippen molar-refractivity contribution >= 4 is 41.0 Å². The summed E-state index contributed by atoms with van der Waals surface area (Å²) >= 11 is 6.93. The Balaban J connectivity index is 1.74. The van der Waals surface area contributed by atoms with E-state index < -0.39 is 5.91 Å². The Kier molecular flexibility index (Phi) is 5.99. The van der Waals surface area contributed by atoms with Gasteiger partial charge >= 0.3 is 0 Å². The number of nitrogens with one attached hydrogen (secondary N) is 2. The van der Waals surface area contributed by atoms with E-state index in [1.54, 1.807) is 43.3 Å². The number of H-pyrrole nitrogens is 1. The van der Waals surface area contributed by atoms with E-state index in [1.165, 1.54) is 12.1 Å². The summed E-state index contributed by atoms with van der Waals surface area (Å²) in [5.41, 5.74) is 0.722. The smallest absolute Gasteiger partial charge is 0.266 e. The lowest BCUT2D eigenvalue weighted by atomic mass is 10.2. The van der Waals surface area contributed by atoms with Crippen LogP contribution in [-0.2, 0) is 4.79 Å². The lowest BCUT2D eigenvalue weighted by Gasteiger charge is -2.03. The van der Waals surface area contributed by atoms with E-state index in [2.05, 4.69) is 15.3 Å². The van der Waals surface area contributed by atoms with Gasteiger partial charge in [-0.2, -0.15) is 5.26 Å². The van der Waals surface area contributed by atoms with Crippen molar-refractivity contribution in [3.05, 3.63) is 74.9 Å². The highest BCUT2D eigenvalue weighted by Crippen LogP contribution is 2.27. The first-order chi connectivity index (χ1) is 13.4. The quantitative estimate of drug-likeness (QED) is 0.372.